The average molecular weight is 599 g/mol. The summed E-state index contributed by atoms with van der Waals surface area (Å²) in [5.74, 6) is 0. The third-order valence-corrected chi connectivity index (χ3v) is 7.94. The van der Waals surface area contributed by atoms with Crippen LogP contribution in [0.4, 0.5) is 17.1 Å². The molecule has 0 amide bonds. The topological polar surface area (TPSA) is 101 Å². The van der Waals surface area contributed by atoms with Crippen molar-refractivity contribution in [3.63, 3.8) is 0 Å². The number of hydrogen-bond acceptors (Lipinski definition) is 5. The highest BCUT2D eigenvalue weighted by Gasteiger charge is 2.13. The number of nitrogen functional groups attached to an aromatic ring is 1. The van der Waals surface area contributed by atoms with E-state index in [-0.39, 0.29) is 0 Å². The van der Waals surface area contributed by atoms with E-state index < -0.39 is 0 Å². The standard InChI is InChI=1S/C41H34N4O/c1-4-9-26(5-2)30-10-7-11-32(22-30)37(44)25-36(43)29-16-14-28(15-17-29)31-18-21-40-35(24-31)34-12-8-13-39(41(34)46-40)45-38-20-19-33(42)23-27(38)6-3/h4-25,43,45H,1-3,42,44H2/b26-9+,37-25-,43-36?. The normalized spacial score (nSPS) is 11.8. The highest BCUT2D eigenvalue weighted by atomic mass is 16.3. The summed E-state index contributed by atoms with van der Waals surface area (Å²) >= 11 is 0. The molecule has 0 aliphatic carbocycles. The fourth-order valence-corrected chi connectivity index (χ4v) is 5.54. The van der Waals surface area contributed by atoms with Crippen LogP contribution in [0.1, 0.15) is 22.3 Å². The number of nitrogens with one attached hydrogen (secondary N) is 2. The zero-order valence-corrected chi connectivity index (χ0v) is 25.4. The fraction of sp³-hybridized carbons (Fsp3) is 0. The third kappa shape index (κ3) is 5.90. The van der Waals surface area contributed by atoms with E-state index in [4.69, 9.17) is 21.3 Å². The molecule has 1 heterocycles. The van der Waals surface area contributed by atoms with Crippen LogP contribution in [-0.2, 0) is 0 Å². The molecule has 5 nitrogen and oxygen atoms in total. The molecule has 0 aliphatic heterocycles. The van der Waals surface area contributed by atoms with Gasteiger partial charge >= 0.3 is 0 Å². The maximum Gasteiger partial charge on any atom is 0.158 e. The summed E-state index contributed by atoms with van der Waals surface area (Å²) in [6, 6.07) is 33.8. The van der Waals surface area contributed by atoms with E-state index in [9.17, 15) is 0 Å². The van der Waals surface area contributed by atoms with Crippen molar-refractivity contribution in [2.45, 2.75) is 0 Å². The molecule has 5 aromatic carbocycles. The molecule has 0 fully saturated rings. The van der Waals surface area contributed by atoms with Crippen LogP contribution >= 0.6 is 0 Å². The molecular formula is C41H34N4O. The van der Waals surface area contributed by atoms with E-state index in [0.29, 0.717) is 17.1 Å². The van der Waals surface area contributed by atoms with Crippen LogP contribution < -0.4 is 16.8 Å². The van der Waals surface area contributed by atoms with Gasteiger partial charge in [-0.2, -0.15) is 0 Å². The van der Waals surface area contributed by atoms with Crippen molar-refractivity contribution in [2.75, 3.05) is 11.1 Å². The Morgan fingerprint density at radius 3 is 2.26 bits per heavy atom. The summed E-state index contributed by atoms with van der Waals surface area (Å²) in [6.45, 7) is 11.6. The van der Waals surface area contributed by atoms with Crippen LogP contribution in [0.25, 0.3) is 50.4 Å². The predicted molar refractivity (Wildman–Crippen MR) is 197 cm³/mol. The molecular weight excluding hydrogens is 564 g/mol. The molecule has 6 rings (SSSR count). The van der Waals surface area contributed by atoms with Gasteiger partial charge in [0.1, 0.15) is 5.58 Å². The SMILES string of the molecule is C=C/C=C(\C=C)c1cccc(/C(N)=C/C(=N)c2ccc(-c3ccc4oc5c(Nc6ccc(N)cc6C=C)cccc5c4c3)cc2)c1. The Bertz CT molecular complexity index is 2210. The molecule has 0 spiro atoms. The molecule has 6 N–H and O–H groups in total. The van der Waals surface area contributed by atoms with Crippen molar-refractivity contribution in [3.05, 3.63) is 169 Å². The zero-order chi connectivity index (χ0) is 32.2. The monoisotopic (exact) mass is 598 g/mol. The van der Waals surface area contributed by atoms with Gasteiger partial charge in [-0.15, -0.1) is 0 Å². The van der Waals surface area contributed by atoms with E-state index in [1.165, 1.54) is 0 Å². The Labute approximate surface area is 268 Å². The molecule has 6 aromatic rings. The molecule has 224 valence electrons. The molecule has 0 unspecified atom stereocenters. The van der Waals surface area contributed by atoms with E-state index in [1.807, 2.05) is 91.0 Å². The smallest absolute Gasteiger partial charge is 0.158 e. The second kappa shape index (κ2) is 12.7. The first-order chi connectivity index (χ1) is 22.4. The van der Waals surface area contributed by atoms with Gasteiger partial charge in [0.2, 0.25) is 0 Å². The van der Waals surface area contributed by atoms with Gasteiger partial charge in [0.15, 0.2) is 5.58 Å². The number of nitrogens with two attached hydrogens (primary N) is 2. The number of furan rings is 1. The van der Waals surface area contributed by atoms with Crippen molar-refractivity contribution in [3.8, 4) is 11.1 Å². The molecule has 0 saturated heterocycles. The number of para-hydroxylation sites is 1. The van der Waals surface area contributed by atoms with E-state index >= 15 is 0 Å². The second-order valence-electron chi connectivity index (χ2n) is 10.9. The minimum Gasteiger partial charge on any atom is -0.454 e. The lowest BCUT2D eigenvalue weighted by Gasteiger charge is -2.11. The Hall–Kier alpha value is -6.33. The van der Waals surface area contributed by atoms with Crippen LogP contribution in [0.15, 0.2) is 152 Å². The lowest BCUT2D eigenvalue weighted by molar-refractivity contribution is 0.670. The first-order valence-electron chi connectivity index (χ1n) is 14.8. The van der Waals surface area contributed by atoms with Crippen molar-refractivity contribution < 1.29 is 4.42 Å². The molecule has 5 heteroatoms. The Morgan fingerprint density at radius 1 is 0.739 bits per heavy atom. The molecule has 0 radical (unpaired) electrons. The van der Waals surface area contributed by atoms with Crippen LogP contribution in [0.5, 0.6) is 0 Å². The number of benzene rings is 5. The Kier molecular flexibility index (Phi) is 8.22. The molecule has 0 bridgehead atoms. The summed E-state index contributed by atoms with van der Waals surface area (Å²) < 4.78 is 6.34. The zero-order valence-electron chi connectivity index (χ0n) is 25.4. The van der Waals surface area contributed by atoms with Crippen LogP contribution in [0.2, 0.25) is 0 Å². The average Bonchev–Trinajstić information content (AvgIpc) is 3.47. The summed E-state index contributed by atoms with van der Waals surface area (Å²) in [7, 11) is 0. The van der Waals surface area contributed by atoms with Gasteiger partial charge in [-0.25, -0.2) is 0 Å². The Balaban J connectivity index is 1.26. The maximum absolute atomic E-state index is 8.71. The lowest BCUT2D eigenvalue weighted by atomic mass is 9.98. The van der Waals surface area contributed by atoms with Gasteiger partial charge in [-0.1, -0.05) is 105 Å². The second-order valence-corrected chi connectivity index (χ2v) is 10.9. The van der Waals surface area contributed by atoms with Crippen molar-refractivity contribution in [1.29, 1.82) is 5.41 Å². The van der Waals surface area contributed by atoms with Gasteiger partial charge in [0.05, 0.1) is 11.4 Å². The summed E-state index contributed by atoms with van der Waals surface area (Å²) in [5, 5.41) is 14.2. The van der Waals surface area contributed by atoms with Crippen LogP contribution in [0, 0.1) is 5.41 Å². The summed E-state index contributed by atoms with van der Waals surface area (Å²) in [6.07, 6.45) is 8.89. The third-order valence-electron chi connectivity index (χ3n) is 7.94. The number of hydrogen-bond donors (Lipinski definition) is 4. The largest absolute Gasteiger partial charge is 0.454 e. The van der Waals surface area contributed by atoms with Crippen molar-refractivity contribution >= 4 is 62.1 Å². The number of fused-ring (bicyclic) bond motifs is 3. The highest BCUT2D eigenvalue weighted by Crippen LogP contribution is 2.37. The van der Waals surface area contributed by atoms with Gasteiger partial charge in [0, 0.05) is 27.8 Å². The van der Waals surface area contributed by atoms with Crippen LogP contribution in [-0.4, -0.2) is 5.71 Å². The lowest BCUT2D eigenvalue weighted by Crippen LogP contribution is -2.03. The Morgan fingerprint density at radius 2 is 1.50 bits per heavy atom. The quantitative estimate of drug-likeness (QED) is 0.0716. The minimum atomic E-state index is 0.331. The molecule has 1 aromatic heterocycles. The van der Waals surface area contributed by atoms with E-state index in [1.54, 1.807) is 24.3 Å². The molecule has 0 aliphatic rings. The first-order valence-corrected chi connectivity index (χ1v) is 14.8. The highest BCUT2D eigenvalue weighted by molar-refractivity contribution is 6.11. The van der Waals surface area contributed by atoms with Gasteiger partial charge in [-0.05, 0) is 87.5 Å². The van der Waals surface area contributed by atoms with Crippen LogP contribution in [0.3, 0.4) is 0 Å². The van der Waals surface area contributed by atoms with Gasteiger partial charge in [0.25, 0.3) is 0 Å². The summed E-state index contributed by atoms with van der Waals surface area (Å²) in [5.41, 5.74) is 23.8. The molecule has 0 saturated carbocycles. The maximum atomic E-state index is 8.71. The first kappa shape index (κ1) is 29.7. The fourth-order valence-electron chi connectivity index (χ4n) is 5.54. The number of anilines is 3. The number of rotatable bonds is 10. The minimum absolute atomic E-state index is 0.331. The van der Waals surface area contributed by atoms with E-state index in [0.717, 1.165) is 72.3 Å². The number of allylic oxidation sites excluding steroid dienone is 5. The molecule has 46 heavy (non-hydrogen) atoms. The predicted octanol–water partition coefficient (Wildman–Crippen LogP) is 10.3. The van der Waals surface area contributed by atoms with Gasteiger partial charge in [-0.3, -0.25) is 0 Å². The summed E-state index contributed by atoms with van der Waals surface area (Å²) in [4.78, 5) is 0. The van der Waals surface area contributed by atoms with E-state index in [2.05, 4.69) is 43.3 Å². The molecule has 0 atom stereocenters. The van der Waals surface area contributed by atoms with Gasteiger partial charge < -0.3 is 26.6 Å². The van der Waals surface area contributed by atoms with Crippen molar-refractivity contribution in [2.24, 2.45) is 5.73 Å². The van der Waals surface area contributed by atoms with Crippen molar-refractivity contribution in [1.82, 2.24) is 0 Å².